The topological polar surface area (TPSA) is 68.0 Å². The molecule has 84 valence electrons. The van der Waals surface area contributed by atoms with Gasteiger partial charge < -0.3 is 11.1 Å². The first kappa shape index (κ1) is 12.5. The van der Waals surface area contributed by atoms with Gasteiger partial charge in [0.05, 0.1) is 6.04 Å². The Morgan fingerprint density at radius 1 is 1.80 bits per heavy atom. The number of carbonyl (C=O) groups excluding carboxylic acids is 1. The molecule has 0 aromatic carbocycles. The van der Waals surface area contributed by atoms with Gasteiger partial charge in [-0.1, -0.05) is 11.8 Å². The van der Waals surface area contributed by atoms with Crippen LogP contribution >= 0.6 is 23.1 Å². The Balaban J connectivity index is 2.29. The van der Waals surface area contributed by atoms with E-state index in [1.165, 1.54) is 0 Å². The fourth-order valence-corrected chi connectivity index (χ4v) is 3.02. The maximum absolute atomic E-state index is 10.9. The summed E-state index contributed by atoms with van der Waals surface area (Å²) in [6.07, 6.45) is 0.731. The minimum Gasteiger partial charge on any atom is -0.368 e. The zero-order chi connectivity index (χ0) is 11.3. The van der Waals surface area contributed by atoms with Gasteiger partial charge in [0.15, 0.2) is 0 Å². The lowest BCUT2D eigenvalue weighted by Crippen LogP contribution is -2.39. The van der Waals surface area contributed by atoms with Crippen LogP contribution in [0.25, 0.3) is 0 Å². The number of rotatable bonds is 6. The molecule has 0 saturated carbocycles. The van der Waals surface area contributed by atoms with E-state index in [0.717, 1.165) is 22.2 Å². The quantitative estimate of drug-likeness (QED) is 0.734. The van der Waals surface area contributed by atoms with Crippen LogP contribution in [0.4, 0.5) is 0 Å². The summed E-state index contributed by atoms with van der Waals surface area (Å²) in [6, 6.07) is -0.237. The maximum Gasteiger partial charge on any atom is 0.234 e. The van der Waals surface area contributed by atoms with Crippen LogP contribution in [0.5, 0.6) is 0 Å². The number of hydrogen-bond donors (Lipinski definition) is 2. The van der Waals surface area contributed by atoms with E-state index in [-0.39, 0.29) is 11.9 Å². The number of amides is 1. The minimum atomic E-state index is -0.298. The normalized spacial score (nSPS) is 12.7. The van der Waals surface area contributed by atoms with Gasteiger partial charge >= 0.3 is 0 Å². The summed E-state index contributed by atoms with van der Waals surface area (Å²) < 4.78 is 1.05. The van der Waals surface area contributed by atoms with E-state index in [0.29, 0.717) is 0 Å². The van der Waals surface area contributed by atoms with Crippen LogP contribution in [0.1, 0.15) is 12.1 Å². The van der Waals surface area contributed by atoms with E-state index in [9.17, 15) is 4.79 Å². The monoisotopic (exact) mass is 245 g/mol. The van der Waals surface area contributed by atoms with Crippen molar-refractivity contribution in [2.45, 2.75) is 23.7 Å². The van der Waals surface area contributed by atoms with Gasteiger partial charge in [0.25, 0.3) is 0 Å². The number of thiazole rings is 1. The van der Waals surface area contributed by atoms with Gasteiger partial charge in [-0.15, -0.1) is 11.3 Å². The first-order chi connectivity index (χ1) is 7.13. The Morgan fingerprint density at radius 3 is 3.00 bits per heavy atom. The van der Waals surface area contributed by atoms with Crippen molar-refractivity contribution >= 4 is 29.0 Å². The first-order valence-electron chi connectivity index (χ1n) is 4.65. The van der Waals surface area contributed by atoms with Crippen molar-refractivity contribution in [2.75, 3.05) is 12.8 Å². The third-order valence-electron chi connectivity index (χ3n) is 1.92. The number of likely N-dealkylation sites (N-methyl/N-ethyl adjacent to an activating group) is 1. The standard InChI is InChI=1S/C9H15N3OS2/c1-6-5-15-9(12-6)14-4-3-7(11-2)8(10)13/h5,7,11H,3-4H2,1-2H3,(H2,10,13). The molecule has 0 aliphatic carbocycles. The molecule has 15 heavy (non-hydrogen) atoms. The zero-order valence-electron chi connectivity index (χ0n) is 8.82. The summed E-state index contributed by atoms with van der Waals surface area (Å²) in [5.41, 5.74) is 6.25. The van der Waals surface area contributed by atoms with Gasteiger partial charge in [-0.2, -0.15) is 0 Å². The number of nitrogens with one attached hydrogen (secondary N) is 1. The minimum absolute atomic E-state index is 0.237. The Hall–Kier alpha value is -0.590. The third-order valence-corrected chi connectivity index (χ3v) is 4.09. The molecule has 0 bridgehead atoms. The molecule has 1 aromatic rings. The highest BCUT2D eigenvalue weighted by Crippen LogP contribution is 2.23. The number of nitrogens with zero attached hydrogens (tertiary/aromatic N) is 1. The van der Waals surface area contributed by atoms with E-state index < -0.39 is 0 Å². The molecule has 1 atom stereocenters. The second kappa shape index (κ2) is 6.09. The molecule has 0 aliphatic rings. The third kappa shape index (κ3) is 4.19. The van der Waals surface area contributed by atoms with Crippen molar-refractivity contribution in [1.29, 1.82) is 0 Å². The molecule has 6 heteroatoms. The molecule has 1 rings (SSSR count). The van der Waals surface area contributed by atoms with Gasteiger partial charge in [-0.3, -0.25) is 4.79 Å². The van der Waals surface area contributed by atoms with Crippen molar-refractivity contribution < 1.29 is 4.79 Å². The molecule has 1 aromatic heterocycles. The summed E-state index contributed by atoms with van der Waals surface area (Å²) in [4.78, 5) is 15.2. The average molecular weight is 245 g/mol. The van der Waals surface area contributed by atoms with E-state index >= 15 is 0 Å². The smallest absolute Gasteiger partial charge is 0.234 e. The van der Waals surface area contributed by atoms with Crippen molar-refractivity contribution in [3.05, 3.63) is 11.1 Å². The SMILES string of the molecule is CNC(CCSc1nc(C)cs1)C(N)=O. The molecule has 1 unspecified atom stereocenters. The Morgan fingerprint density at radius 2 is 2.53 bits per heavy atom. The van der Waals surface area contributed by atoms with E-state index in [1.807, 2.05) is 12.3 Å². The summed E-state index contributed by atoms with van der Waals surface area (Å²) in [6.45, 7) is 1.97. The van der Waals surface area contributed by atoms with Crippen LogP contribution in [0, 0.1) is 6.92 Å². The second-order valence-electron chi connectivity index (χ2n) is 3.14. The second-order valence-corrected chi connectivity index (χ2v) is 5.34. The Bertz CT molecular complexity index is 327. The Kier molecular flexibility index (Phi) is 5.07. The van der Waals surface area contributed by atoms with Gasteiger partial charge in [-0.05, 0) is 20.4 Å². The number of carbonyl (C=O) groups is 1. The molecule has 0 aliphatic heterocycles. The fraction of sp³-hybridized carbons (Fsp3) is 0.556. The van der Waals surface area contributed by atoms with E-state index in [2.05, 4.69) is 10.3 Å². The highest BCUT2D eigenvalue weighted by molar-refractivity contribution is 8.01. The molecular formula is C9H15N3OS2. The Labute approximate surface area is 97.7 Å². The van der Waals surface area contributed by atoms with Gasteiger partial charge in [-0.25, -0.2) is 4.98 Å². The van der Waals surface area contributed by atoms with Crippen LogP contribution in [-0.2, 0) is 4.79 Å². The summed E-state index contributed by atoms with van der Waals surface area (Å²) in [5.74, 6) is 0.551. The lowest BCUT2D eigenvalue weighted by molar-refractivity contribution is -0.119. The molecule has 4 nitrogen and oxygen atoms in total. The van der Waals surface area contributed by atoms with Crippen molar-refractivity contribution in [2.24, 2.45) is 5.73 Å². The van der Waals surface area contributed by atoms with Crippen LogP contribution in [0.2, 0.25) is 0 Å². The van der Waals surface area contributed by atoms with Crippen molar-refractivity contribution in [1.82, 2.24) is 10.3 Å². The summed E-state index contributed by atoms with van der Waals surface area (Å²) >= 11 is 3.29. The molecule has 1 amide bonds. The van der Waals surface area contributed by atoms with Crippen LogP contribution in [-0.4, -0.2) is 29.7 Å². The highest BCUT2D eigenvalue weighted by Gasteiger charge is 2.12. The molecule has 0 spiro atoms. The molecule has 3 N–H and O–H groups in total. The molecule has 0 radical (unpaired) electrons. The number of hydrogen-bond acceptors (Lipinski definition) is 5. The molecular weight excluding hydrogens is 230 g/mol. The average Bonchev–Trinajstić information content (AvgIpc) is 2.58. The van der Waals surface area contributed by atoms with Crippen molar-refractivity contribution in [3.63, 3.8) is 0 Å². The van der Waals surface area contributed by atoms with Gasteiger partial charge in [0.2, 0.25) is 5.91 Å². The van der Waals surface area contributed by atoms with Crippen LogP contribution in [0.15, 0.2) is 9.72 Å². The number of nitrogens with two attached hydrogens (primary N) is 1. The number of aryl methyl sites for hydroxylation is 1. The van der Waals surface area contributed by atoms with E-state index in [4.69, 9.17) is 5.73 Å². The molecule has 0 fully saturated rings. The van der Waals surface area contributed by atoms with E-state index in [1.54, 1.807) is 30.1 Å². The predicted octanol–water partition coefficient (Wildman–Crippen LogP) is 1.01. The summed E-state index contributed by atoms with van der Waals surface area (Å²) in [7, 11) is 1.74. The lowest BCUT2D eigenvalue weighted by Gasteiger charge is -2.10. The lowest BCUT2D eigenvalue weighted by atomic mass is 10.2. The number of aromatic nitrogens is 1. The molecule has 0 saturated heterocycles. The van der Waals surface area contributed by atoms with Crippen molar-refractivity contribution in [3.8, 4) is 0 Å². The van der Waals surface area contributed by atoms with Crippen LogP contribution in [0.3, 0.4) is 0 Å². The molecule has 1 heterocycles. The van der Waals surface area contributed by atoms with Gasteiger partial charge in [0, 0.05) is 16.8 Å². The zero-order valence-corrected chi connectivity index (χ0v) is 10.5. The van der Waals surface area contributed by atoms with Crippen LogP contribution < -0.4 is 11.1 Å². The first-order valence-corrected chi connectivity index (χ1v) is 6.51. The fourth-order valence-electron chi connectivity index (χ4n) is 1.09. The highest BCUT2D eigenvalue weighted by atomic mass is 32.2. The predicted molar refractivity (Wildman–Crippen MR) is 64.2 cm³/mol. The number of thioether (sulfide) groups is 1. The number of primary amides is 1. The maximum atomic E-state index is 10.9. The largest absolute Gasteiger partial charge is 0.368 e. The van der Waals surface area contributed by atoms with Gasteiger partial charge in [0.1, 0.15) is 4.34 Å². The summed E-state index contributed by atoms with van der Waals surface area (Å²) in [5, 5.41) is 4.91.